The van der Waals surface area contributed by atoms with E-state index in [1.807, 2.05) is 0 Å². The first-order valence-electron chi connectivity index (χ1n) is 15.0. The molecule has 0 aromatic heterocycles. The van der Waals surface area contributed by atoms with Crippen LogP contribution in [0.25, 0.3) is 0 Å². The Bertz CT molecular complexity index is 359. The van der Waals surface area contributed by atoms with Gasteiger partial charge in [-0.25, -0.2) is 0 Å². The third kappa shape index (κ3) is 24.3. The molecule has 1 nitrogen and oxygen atoms in total. The van der Waals surface area contributed by atoms with E-state index in [0.29, 0.717) is 0 Å². The van der Waals surface area contributed by atoms with Crippen LogP contribution in [0.5, 0.6) is 0 Å². The minimum Gasteiger partial charge on any atom is -0.306 e. The maximum atomic E-state index is 2.47. The van der Waals surface area contributed by atoms with Crippen LogP contribution < -0.4 is 0 Å². The van der Waals surface area contributed by atoms with Gasteiger partial charge in [0.25, 0.3) is 0 Å². The van der Waals surface area contributed by atoms with Gasteiger partial charge in [0.1, 0.15) is 0 Å². The van der Waals surface area contributed by atoms with Gasteiger partial charge in [0.2, 0.25) is 0 Å². The minimum absolute atomic E-state index is 0.787. The molecule has 0 fully saturated rings. The van der Waals surface area contributed by atoms with Crippen LogP contribution >= 0.6 is 0 Å². The Hall–Kier alpha value is -0.300. The van der Waals surface area contributed by atoms with E-state index < -0.39 is 0 Å². The Morgan fingerprint density at radius 3 is 1.22 bits per heavy atom. The second-order valence-corrected chi connectivity index (χ2v) is 10.6. The number of hydrogen-bond acceptors (Lipinski definition) is 1. The van der Waals surface area contributed by atoms with E-state index in [1.165, 1.54) is 154 Å². The summed E-state index contributed by atoms with van der Waals surface area (Å²) in [6.45, 7) is 4.60. The molecular weight excluding hydrogens is 386 g/mol. The highest BCUT2D eigenvalue weighted by atomic mass is 15.1. The van der Waals surface area contributed by atoms with Gasteiger partial charge in [0.15, 0.2) is 0 Å². The van der Waals surface area contributed by atoms with Crippen molar-refractivity contribution in [3.8, 4) is 0 Å². The number of unbranched alkanes of at least 4 members (excludes halogenated alkanes) is 19. The van der Waals surface area contributed by atoms with Crippen molar-refractivity contribution in [1.82, 2.24) is 4.90 Å². The van der Waals surface area contributed by atoms with Gasteiger partial charge in [0.05, 0.1) is 0 Å². The summed E-state index contributed by atoms with van der Waals surface area (Å²) in [5.41, 5.74) is 0. The zero-order valence-corrected chi connectivity index (χ0v) is 23.1. The van der Waals surface area contributed by atoms with Gasteiger partial charge in [-0.15, -0.1) is 0 Å². The lowest BCUT2D eigenvalue weighted by Crippen LogP contribution is -2.27. The first-order chi connectivity index (χ1) is 15.7. The SMILES string of the molecule is CCCCCCCCCCCCCC/C=C\CCCC(CCCCCCCCC)N(C)C. The van der Waals surface area contributed by atoms with Gasteiger partial charge in [-0.2, -0.15) is 0 Å². The predicted octanol–water partition coefficient (Wildman–Crippen LogP) is 10.9. The molecule has 0 saturated carbocycles. The van der Waals surface area contributed by atoms with Crippen molar-refractivity contribution >= 4 is 0 Å². The van der Waals surface area contributed by atoms with Crippen LogP contribution in [-0.2, 0) is 0 Å². The third-order valence-corrected chi connectivity index (χ3v) is 7.17. The largest absolute Gasteiger partial charge is 0.306 e. The van der Waals surface area contributed by atoms with Crippen LogP contribution in [0.4, 0.5) is 0 Å². The molecule has 1 heteroatoms. The maximum Gasteiger partial charge on any atom is 0.00892 e. The highest BCUT2D eigenvalue weighted by Crippen LogP contribution is 2.16. The second kappa shape index (κ2) is 26.9. The summed E-state index contributed by atoms with van der Waals surface area (Å²) in [6.07, 6.45) is 38.9. The van der Waals surface area contributed by atoms with Crippen molar-refractivity contribution in [2.24, 2.45) is 0 Å². The van der Waals surface area contributed by atoms with Crippen LogP contribution in [0.1, 0.15) is 168 Å². The van der Waals surface area contributed by atoms with Crippen molar-refractivity contribution in [2.75, 3.05) is 14.1 Å². The number of nitrogens with zero attached hydrogens (tertiary/aromatic N) is 1. The molecule has 0 aliphatic rings. The van der Waals surface area contributed by atoms with E-state index in [9.17, 15) is 0 Å². The molecule has 0 spiro atoms. The third-order valence-electron chi connectivity index (χ3n) is 7.17. The average molecular weight is 450 g/mol. The smallest absolute Gasteiger partial charge is 0.00892 e. The van der Waals surface area contributed by atoms with Crippen molar-refractivity contribution in [3.63, 3.8) is 0 Å². The highest BCUT2D eigenvalue weighted by Gasteiger charge is 2.10. The van der Waals surface area contributed by atoms with E-state index >= 15 is 0 Å². The molecule has 0 aromatic rings. The summed E-state index contributed by atoms with van der Waals surface area (Å²) < 4.78 is 0. The standard InChI is InChI=1S/C31H63N/c1-5-7-9-11-13-14-15-16-17-18-19-20-21-22-24-26-28-30-31(32(3)4)29-27-25-23-12-10-8-6-2/h22,24,31H,5-21,23,25-30H2,1-4H3/b24-22-. The Balaban J connectivity index is 3.43. The summed E-state index contributed by atoms with van der Waals surface area (Å²) in [7, 11) is 4.55. The predicted molar refractivity (Wildman–Crippen MR) is 149 cm³/mol. The van der Waals surface area contributed by atoms with Gasteiger partial charge < -0.3 is 4.90 Å². The summed E-state index contributed by atoms with van der Waals surface area (Å²) >= 11 is 0. The molecule has 1 unspecified atom stereocenters. The molecule has 192 valence electrons. The molecule has 0 rings (SSSR count). The zero-order chi connectivity index (χ0) is 23.5. The lowest BCUT2D eigenvalue weighted by Gasteiger charge is -2.24. The molecule has 0 aliphatic heterocycles. The van der Waals surface area contributed by atoms with E-state index in [1.54, 1.807) is 0 Å². The first-order valence-corrected chi connectivity index (χ1v) is 15.0. The van der Waals surface area contributed by atoms with Crippen LogP contribution in [0.3, 0.4) is 0 Å². The van der Waals surface area contributed by atoms with E-state index in [4.69, 9.17) is 0 Å². The first kappa shape index (κ1) is 31.7. The van der Waals surface area contributed by atoms with Crippen LogP contribution in [-0.4, -0.2) is 25.0 Å². The van der Waals surface area contributed by atoms with Crippen molar-refractivity contribution in [1.29, 1.82) is 0 Å². The molecule has 0 N–H and O–H groups in total. The summed E-state index contributed by atoms with van der Waals surface area (Å²) in [5.74, 6) is 0. The molecule has 0 amide bonds. The molecule has 32 heavy (non-hydrogen) atoms. The Morgan fingerprint density at radius 2 is 0.781 bits per heavy atom. The van der Waals surface area contributed by atoms with E-state index in [2.05, 4.69) is 45.0 Å². The van der Waals surface area contributed by atoms with E-state index in [0.717, 1.165) is 6.04 Å². The fraction of sp³-hybridized carbons (Fsp3) is 0.935. The molecule has 0 saturated heterocycles. The fourth-order valence-corrected chi connectivity index (χ4v) is 4.81. The van der Waals surface area contributed by atoms with E-state index in [-0.39, 0.29) is 0 Å². The minimum atomic E-state index is 0.787. The lowest BCUT2D eigenvalue weighted by molar-refractivity contribution is 0.254. The Labute approximate surface area is 205 Å². The zero-order valence-electron chi connectivity index (χ0n) is 23.1. The maximum absolute atomic E-state index is 2.47. The lowest BCUT2D eigenvalue weighted by atomic mass is 10.0. The summed E-state index contributed by atoms with van der Waals surface area (Å²) in [5, 5.41) is 0. The van der Waals surface area contributed by atoms with Crippen LogP contribution in [0, 0.1) is 0 Å². The van der Waals surface area contributed by atoms with Crippen molar-refractivity contribution in [2.45, 2.75) is 174 Å². The summed E-state index contributed by atoms with van der Waals surface area (Å²) in [6, 6.07) is 0.787. The molecule has 1 atom stereocenters. The summed E-state index contributed by atoms with van der Waals surface area (Å²) in [4.78, 5) is 2.47. The van der Waals surface area contributed by atoms with Gasteiger partial charge in [-0.3, -0.25) is 0 Å². The number of hydrogen-bond donors (Lipinski definition) is 0. The average Bonchev–Trinajstić information content (AvgIpc) is 2.78. The number of rotatable bonds is 26. The van der Waals surface area contributed by atoms with Gasteiger partial charge in [-0.1, -0.05) is 142 Å². The van der Waals surface area contributed by atoms with Crippen molar-refractivity contribution in [3.05, 3.63) is 12.2 Å². The second-order valence-electron chi connectivity index (χ2n) is 10.6. The highest BCUT2D eigenvalue weighted by molar-refractivity contribution is 4.82. The van der Waals surface area contributed by atoms with Gasteiger partial charge in [-0.05, 0) is 52.6 Å². The van der Waals surface area contributed by atoms with Crippen molar-refractivity contribution < 1.29 is 0 Å². The molecule has 0 aliphatic carbocycles. The Morgan fingerprint density at radius 1 is 0.438 bits per heavy atom. The van der Waals surface area contributed by atoms with Crippen LogP contribution in [0.15, 0.2) is 12.2 Å². The van der Waals surface area contributed by atoms with Crippen LogP contribution in [0.2, 0.25) is 0 Å². The van der Waals surface area contributed by atoms with Gasteiger partial charge >= 0.3 is 0 Å². The quantitative estimate of drug-likeness (QED) is 0.0937. The fourth-order valence-electron chi connectivity index (χ4n) is 4.81. The normalized spacial score (nSPS) is 12.9. The molecule has 0 heterocycles. The molecule has 0 bridgehead atoms. The molecule has 0 radical (unpaired) electrons. The molecular formula is C31H63N. The Kier molecular flexibility index (Phi) is 26.7. The topological polar surface area (TPSA) is 3.24 Å². The van der Waals surface area contributed by atoms with Gasteiger partial charge in [0, 0.05) is 6.04 Å². The monoisotopic (exact) mass is 449 g/mol. The molecule has 0 aromatic carbocycles. The number of allylic oxidation sites excluding steroid dienone is 2.